The molecule has 0 bridgehead atoms. The molecule has 1 aromatic rings. The molecule has 1 N–H and O–H groups in total. The molecule has 0 spiro atoms. The lowest BCUT2D eigenvalue weighted by atomic mass is 9.93. The van der Waals surface area contributed by atoms with Crippen molar-refractivity contribution in [1.82, 2.24) is 10.3 Å². The molecule has 146 valence electrons. The number of nitrogens with zero attached hydrogens (tertiary/aromatic N) is 1. The maximum absolute atomic E-state index is 12.8. The summed E-state index contributed by atoms with van der Waals surface area (Å²) in [5.74, 6) is 1.18. The van der Waals surface area contributed by atoms with E-state index in [-0.39, 0.29) is 18.5 Å². The number of esters is 1. The first kappa shape index (κ1) is 18.2. The molecule has 27 heavy (non-hydrogen) atoms. The molecule has 1 amide bonds. The van der Waals surface area contributed by atoms with Crippen LogP contribution in [0.1, 0.15) is 61.0 Å². The van der Waals surface area contributed by atoms with Crippen LogP contribution >= 0.6 is 0 Å². The number of rotatable bonds is 9. The summed E-state index contributed by atoms with van der Waals surface area (Å²) in [5, 5.41) is 3.02. The van der Waals surface area contributed by atoms with Crippen LogP contribution in [-0.2, 0) is 14.3 Å². The minimum Gasteiger partial charge on any atom is -0.477 e. The minimum absolute atomic E-state index is 0.250. The fourth-order valence-electron chi connectivity index (χ4n) is 3.20. The van der Waals surface area contributed by atoms with Gasteiger partial charge in [0.2, 0.25) is 5.88 Å². The van der Waals surface area contributed by atoms with Gasteiger partial charge in [-0.3, -0.25) is 9.59 Å². The number of ether oxygens (including phenoxy) is 3. The summed E-state index contributed by atoms with van der Waals surface area (Å²) in [7, 11) is 0. The van der Waals surface area contributed by atoms with Crippen molar-refractivity contribution in [2.45, 2.75) is 50.5 Å². The highest BCUT2D eigenvalue weighted by atomic mass is 16.5. The van der Waals surface area contributed by atoms with Gasteiger partial charge in [-0.15, -0.1) is 0 Å². The highest BCUT2D eigenvalue weighted by molar-refractivity contribution is 5.93. The monoisotopic (exact) mass is 374 g/mol. The fourth-order valence-corrected chi connectivity index (χ4v) is 3.20. The predicted molar refractivity (Wildman–Crippen MR) is 96.7 cm³/mol. The average molecular weight is 374 g/mol. The molecule has 2 saturated carbocycles. The SMILES string of the molecule is CC(=O)OCCC1(NC(=O)c2ccc(C3CC3)c(OCC3CC3)n2)COC1. The molecular weight excluding hydrogens is 348 g/mol. The lowest BCUT2D eigenvalue weighted by Gasteiger charge is -2.41. The first-order valence-corrected chi connectivity index (χ1v) is 9.72. The Morgan fingerprint density at radius 3 is 2.63 bits per heavy atom. The van der Waals surface area contributed by atoms with Crippen LogP contribution in [0.4, 0.5) is 0 Å². The zero-order valence-corrected chi connectivity index (χ0v) is 15.7. The molecule has 2 heterocycles. The van der Waals surface area contributed by atoms with E-state index in [1.54, 1.807) is 6.07 Å². The summed E-state index contributed by atoms with van der Waals surface area (Å²) in [6, 6.07) is 3.75. The van der Waals surface area contributed by atoms with E-state index in [9.17, 15) is 9.59 Å². The molecule has 2 aliphatic carbocycles. The molecule has 4 rings (SSSR count). The summed E-state index contributed by atoms with van der Waals surface area (Å²) >= 11 is 0. The van der Waals surface area contributed by atoms with E-state index in [0.29, 0.717) is 49.7 Å². The largest absolute Gasteiger partial charge is 0.477 e. The van der Waals surface area contributed by atoms with E-state index in [4.69, 9.17) is 14.2 Å². The number of carbonyl (C=O) groups excluding carboxylic acids is 2. The number of pyridine rings is 1. The number of carbonyl (C=O) groups is 2. The van der Waals surface area contributed by atoms with Crippen molar-refractivity contribution in [3.8, 4) is 5.88 Å². The molecule has 1 aliphatic heterocycles. The van der Waals surface area contributed by atoms with E-state index in [1.165, 1.54) is 19.8 Å². The van der Waals surface area contributed by atoms with Gasteiger partial charge in [-0.1, -0.05) is 6.07 Å². The maximum Gasteiger partial charge on any atom is 0.302 e. The van der Waals surface area contributed by atoms with Gasteiger partial charge < -0.3 is 19.5 Å². The quantitative estimate of drug-likeness (QED) is 0.667. The second-order valence-corrected chi connectivity index (χ2v) is 7.94. The van der Waals surface area contributed by atoms with Crippen molar-refractivity contribution in [1.29, 1.82) is 0 Å². The topological polar surface area (TPSA) is 86.8 Å². The lowest BCUT2D eigenvalue weighted by molar-refractivity contribution is -0.143. The average Bonchev–Trinajstić information content (AvgIpc) is 3.51. The fraction of sp³-hybridized carbons (Fsp3) is 0.650. The van der Waals surface area contributed by atoms with Crippen LogP contribution < -0.4 is 10.1 Å². The molecule has 0 aromatic carbocycles. The van der Waals surface area contributed by atoms with Crippen molar-refractivity contribution in [3.05, 3.63) is 23.4 Å². The Bertz CT molecular complexity index is 723. The highest BCUT2D eigenvalue weighted by Crippen LogP contribution is 2.44. The maximum atomic E-state index is 12.8. The Labute approximate surface area is 158 Å². The first-order chi connectivity index (χ1) is 13.0. The molecule has 1 aromatic heterocycles. The van der Waals surface area contributed by atoms with Crippen LogP contribution in [0.5, 0.6) is 5.88 Å². The van der Waals surface area contributed by atoms with E-state index in [1.807, 2.05) is 6.07 Å². The smallest absolute Gasteiger partial charge is 0.302 e. The van der Waals surface area contributed by atoms with Crippen LogP contribution in [0.15, 0.2) is 12.1 Å². The van der Waals surface area contributed by atoms with Crippen molar-refractivity contribution >= 4 is 11.9 Å². The molecule has 3 fully saturated rings. The standard InChI is InChI=1S/C20H26N2O5/c1-13(23)26-9-8-20(11-25-12-20)22-18(24)17-7-6-16(15-4-5-15)19(21-17)27-10-14-2-3-14/h6-7,14-15H,2-5,8-12H2,1H3,(H,22,24). The van der Waals surface area contributed by atoms with E-state index in [0.717, 1.165) is 18.4 Å². The Kier molecular flexibility index (Phi) is 5.04. The number of hydrogen-bond acceptors (Lipinski definition) is 6. The molecular formula is C20H26N2O5. The third-order valence-corrected chi connectivity index (χ3v) is 5.31. The van der Waals surface area contributed by atoms with Crippen molar-refractivity contribution in [2.24, 2.45) is 5.92 Å². The summed E-state index contributed by atoms with van der Waals surface area (Å²) in [6.45, 7) is 3.12. The number of amides is 1. The molecule has 0 unspecified atom stereocenters. The van der Waals surface area contributed by atoms with Gasteiger partial charge in [0.25, 0.3) is 5.91 Å². The molecule has 3 aliphatic rings. The van der Waals surface area contributed by atoms with E-state index < -0.39 is 5.54 Å². The molecule has 7 nitrogen and oxygen atoms in total. The van der Waals surface area contributed by atoms with Gasteiger partial charge in [0.15, 0.2) is 0 Å². The lowest BCUT2D eigenvalue weighted by Crippen LogP contribution is -2.62. The van der Waals surface area contributed by atoms with Gasteiger partial charge in [0, 0.05) is 18.9 Å². The third kappa shape index (κ3) is 4.58. The van der Waals surface area contributed by atoms with E-state index >= 15 is 0 Å². The number of nitrogens with one attached hydrogen (secondary N) is 1. The van der Waals surface area contributed by atoms with Crippen LogP contribution in [0.25, 0.3) is 0 Å². The Balaban J connectivity index is 1.42. The zero-order chi connectivity index (χ0) is 18.9. The van der Waals surface area contributed by atoms with Gasteiger partial charge in [-0.2, -0.15) is 0 Å². The summed E-state index contributed by atoms with van der Waals surface area (Å²) in [6.07, 6.45) is 5.25. The number of hydrogen-bond donors (Lipinski definition) is 1. The second kappa shape index (κ2) is 7.46. The highest BCUT2D eigenvalue weighted by Gasteiger charge is 2.40. The van der Waals surface area contributed by atoms with Crippen molar-refractivity contribution in [3.63, 3.8) is 0 Å². The first-order valence-electron chi connectivity index (χ1n) is 9.72. The Morgan fingerprint density at radius 1 is 1.26 bits per heavy atom. The van der Waals surface area contributed by atoms with Crippen molar-refractivity contribution < 1.29 is 23.8 Å². The predicted octanol–water partition coefficient (Wildman–Crippen LogP) is 2.20. The Morgan fingerprint density at radius 2 is 2.04 bits per heavy atom. The van der Waals surface area contributed by atoms with Crippen LogP contribution in [-0.4, -0.2) is 48.8 Å². The molecule has 7 heteroatoms. The van der Waals surface area contributed by atoms with Gasteiger partial charge in [0.1, 0.15) is 5.69 Å². The summed E-state index contributed by atoms with van der Waals surface area (Å²) < 4.78 is 16.2. The van der Waals surface area contributed by atoms with Crippen LogP contribution in [0.3, 0.4) is 0 Å². The minimum atomic E-state index is -0.502. The zero-order valence-electron chi connectivity index (χ0n) is 15.7. The van der Waals surface area contributed by atoms with Crippen LogP contribution in [0, 0.1) is 5.92 Å². The van der Waals surface area contributed by atoms with E-state index in [2.05, 4.69) is 10.3 Å². The van der Waals surface area contributed by atoms with Crippen LogP contribution in [0.2, 0.25) is 0 Å². The van der Waals surface area contributed by atoms with Gasteiger partial charge in [-0.25, -0.2) is 4.98 Å². The summed E-state index contributed by atoms with van der Waals surface area (Å²) in [4.78, 5) is 28.2. The molecule has 0 radical (unpaired) electrons. The Hall–Kier alpha value is -2.15. The summed E-state index contributed by atoms with van der Waals surface area (Å²) in [5.41, 5.74) is 0.964. The second-order valence-electron chi connectivity index (χ2n) is 7.94. The molecule has 0 atom stereocenters. The normalized spacial score (nSPS) is 20.5. The van der Waals surface area contributed by atoms with Gasteiger partial charge in [-0.05, 0) is 43.6 Å². The molecule has 1 saturated heterocycles. The van der Waals surface area contributed by atoms with Gasteiger partial charge >= 0.3 is 5.97 Å². The number of aromatic nitrogens is 1. The van der Waals surface area contributed by atoms with Gasteiger partial charge in [0.05, 0.1) is 32.0 Å². The van der Waals surface area contributed by atoms with Crippen molar-refractivity contribution in [2.75, 3.05) is 26.4 Å². The third-order valence-electron chi connectivity index (χ3n) is 5.31.